The molecule has 2 amide bonds. The highest BCUT2D eigenvalue weighted by molar-refractivity contribution is 5.96. The monoisotopic (exact) mass is 433 g/mol. The SMILES string of the molecule is CC(Oc1ccc2ncccc2c1)c1ccc(NC(=O)C2CCCCC2C(=O)NO)cc1. The van der Waals surface area contributed by atoms with E-state index in [1.807, 2.05) is 61.5 Å². The maximum atomic E-state index is 12.8. The van der Waals surface area contributed by atoms with E-state index in [0.717, 1.165) is 35.1 Å². The molecular weight excluding hydrogens is 406 g/mol. The first kappa shape index (κ1) is 21.8. The summed E-state index contributed by atoms with van der Waals surface area (Å²) in [6.07, 6.45) is 4.59. The van der Waals surface area contributed by atoms with Crippen LogP contribution in [0.25, 0.3) is 10.9 Å². The molecule has 3 N–H and O–H groups in total. The van der Waals surface area contributed by atoms with Gasteiger partial charge in [0.1, 0.15) is 11.9 Å². The molecule has 0 aliphatic heterocycles. The first-order valence-corrected chi connectivity index (χ1v) is 10.9. The average molecular weight is 434 g/mol. The van der Waals surface area contributed by atoms with Crippen molar-refractivity contribution in [2.75, 3.05) is 5.32 Å². The van der Waals surface area contributed by atoms with Crippen LogP contribution in [0.1, 0.15) is 44.3 Å². The Balaban J connectivity index is 1.39. The zero-order valence-electron chi connectivity index (χ0n) is 18.0. The van der Waals surface area contributed by atoms with Crippen molar-refractivity contribution < 1.29 is 19.5 Å². The Labute approximate surface area is 186 Å². The largest absolute Gasteiger partial charge is 0.486 e. The molecule has 0 spiro atoms. The number of rotatable bonds is 6. The summed E-state index contributed by atoms with van der Waals surface area (Å²) in [5.41, 5.74) is 4.26. The molecule has 1 saturated carbocycles. The van der Waals surface area contributed by atoms with Crippen molar-refractivity contribution >= 4 is 28.4 Å². The van der Waals surface area contributed by atoms with Crippen LogP contribution in [0.4, 0.5) is 5.69 Å². The molecule has 3 atom stereocenters. The van der Waals surface area contributed by atoms with Gasteiger partial charge in [0.2, 0.25) is 11.8 Å². The van der Waals surface area contributed by atoms with Gasteiger partial charge in [-0.3, -0.25) is 19.8 Å². The zero-order valence-corrected chi connectivity index (χ0v) is 18.0. The Morgan fingerprint density at radius 1 is 1.03 bits per heavy atom. The maximum Gasteiger partial charge on any atom is 0.247 e. The average Bonchev–Trinajstić information content (AvgIpc) is 2.83. The number of carbonyl (C=O) groups excluding carboxylic acids is 2. The van der Waals surface area contributed by atoms with E-state index in [-0.39, 0.29) is 12.0 Å². The van der Waals surface area contributed by atoms with Gasteiger partial charge in [-0.1, -0.05) is 31.0 Å². The molecule has 3 unspecified atom stereocenters. The predicted octanol–water partition coefficient (Wildman–Crippen LogP) is 4.63. The summed E-state index contributed by atoms with van der Waals surface area (Å²) < 4.78 is 6.09. The van der Waals surface area contributed by atoms with Gasteiger partial charge >= 0.3 is 0 Å². The molecule has 1 aliphatic rings. The molecular formula is C25H27N3O4. The second-order valence-corrected chi connectivity index (χ2v) is 8.20. The van der Waals surface area contributed by atoms with Crippen LogP contribution >= 0.6 is 0 Å². The van der Waals surface area contributed by atoms with E-state index in [1.165, 1.54) is 0 Å². The lowest BCUT2D eigenvalue weighted by Gasteiger charge is -2.28. The molecule has 0 bridgehead atoms. The lowest BCUT2D eigenvalue weighted by Crippen LogP contribution is -2.40. The van der Waals surface area contributed by atoms with E-state index in [1.54, 1.807) is 11.7 Å². The molecule has 1 aromatic heterocycles. The Kier molecular flexibility index (Phi) is 6.66. The third-order valence-corrected chi connectivity index (χ3v) is 6.08. The number of benzene rings is 2. The summed E-state index contributed by atoms with van der Waals surface area (Å²) >= 11 is 0. The van der Waals surface area contributed by atoms with Gasteiger partial charge in [0.05, 0.1) is 11.4 Å². The van der Waals surface area contributed by atoms with Crippen molar-refractivity contribution in [1.29, 1.82) is 0 Å². The fourth-order valence-corrected chi connectivity index (χ4v) is 4.31. The van der Waals surface area contributed by atoms with Crippen LogP contribution in [-0.2, 0) is 9.59 Å². The number of pyridine rings is 1. The van der Waals surface area contributed by atoms with Crippen molar-refractivity contribution in [3.63, 3.8) is 0 Å². The summed E-state index contributed by atoms with van der Waals surface area (Å²) in [5, 5.41) is 12.9. The molecule has 0 radical (unpaired) electrons. The molecule has 7 heteroatoms. The van der Waals surface area contributed by atoms with Gasteiger partial charge in [-0.25, -0.2) is 5.48 Å². The third-order valence-electron chi connectivity index (χ3n) is 6.08. The van der Waals surface area contributed by atoms with Crippen LogP contribution in [0.3, 0.4) is 0 Å². The van der Waals surface area contributed by atoms with E-state index in [0.29, 0.717) is 18.5 Å². The summed E-state index contributed by atoms with van der Waals surface area (Å²) in [6, 6.07) is 17.2. The van der Waals surface area contributed by atoms with Gasteiger partial charge in [-0.15, -0.1) is 0 Å². The smallest absolute Gasteiger partial charge is 0.247 e. The fraction of sp³-hybridized carbons (Fsp3) is 0.320. The third kappa shape index (κ3) is 4.89. The van der Waals surface area contributed by atoms with Crippen LogP contribution < -0.4 is 15.5 Å². The summed E-state index contributed by atoms with van der Waals surface area (Å²) in [6.45, 7) is 1.97. The number of hydrogen-bond acceptors (Lipinski definition) is 5. The number of aromatic nitrogens is 1. The number of nitrogens with zero attached hydrogens (tertiary/aromatic N) is 1. The van der Waals surface area contributed by atoms with Crippen LogP contribution in [0.2, 0.25) is 0 Å². The van der Waals surface area contributed by atoms with E-state index in [4.69, 9.17) is 9.94 Å². The minimum Gasteiger partial charge on any atom is -0.486 e. The van der Waals surface area contributed by atoms with Crippen molar-refractivity contribution in [1.82, 2.24) is 10.5 Å². The van der Waals surface area contributed by atoms with Gasteiger partial charge in [-0.2, -0.15) is 0 Å². The first-order valence-electron chi connectivity index (χ1n) is 10.9. The Morgan fingerprint density at radius 3 is 2.47 bits per heavy atom. The van der Waals surface area contributed by atoms with Crippen molar-refractivity contribution in [2.24, 2.45) is 11.8 Å². The number of hydrogen-bond donors (Lipinski definition) is 3. The van der Waals surface area contributed by atoms with Crippen LogP contribution in [0.15, 0.2) is 60.8 Å². The number of fused-ring (bicyclic) bond motifs is 1. The minimum absolute atomic E-state index is 0.176. The number of anilines is 1. The Bertz CT molecular complexity index is 1100. The highest BCUT2D eigenvalue weighted by atomic mass is 16.5. The molecule has 0 saturated heterocycles. The molecule has 1 aliphatic carbocycles. The van der Waals surface area contributed by atoms with Gasteiger partial charge in [0, 0.05) is 23.2 Å². The number of amides is 2. The first-order chi connectivity index (χ1) is 15.5. The molecule has 1 fully saturated rings. The molecule has 3 aromatic rings. The normalized spacial score (nSPS) is 19.2. The summed E-state index contributed by atoms with van der Waals surface area (Å²) in [4.78, 5) is 29.0. The number of nitrogens with one attached hydrogen (secondary N) is 2. The molecule has 1 heterocycles. The van der Waals surface area contributed by atoms with E-state index in [2.05, 4.69) is 10.3 Å². The van der Waals surface area contributed by atoms with Crippen molar-refractivity contribution in [3.8, 4) is 5.75 Å². The van der Waals surface area contributed by atoms with E-state index >= 15 is 0 Å². The minimum atomic E-state index is -0.501. The van der Waals surface area contributed by atoms with Crippen LogP contribution in [0, 0.1) is 11.8 Å². The topological polar surface area (TPSA) is 101 Å². The second kappa shape index (κ2) is 9.78. The van der Waals surface area contributed by atoms with Gasteiger partial charge in [0.25, 0.3) is 0 Å². The van der Waals surface area contributed by atoms with Crippen molar-refractivity contribution in [2.45, 2.75) is 38.7 Å². The van der Waals surface area contributed by atoms with E-state index < -0.39 is 17.7 Å². The highest BCUT2D eigenvalue weighted by Gasteiger charge is 2.35. The number of ether oxygens (including phenoxy) is 1. The number of carbonyl (C=O) groups is 2. The standard InChI is InChI=1S/C25H27N3O4/c1-16(32-20-12-13-23-18(15-20)5-4-14-26-23)17-8-10-19(11-9-17)27-24(29)21-6-2-3-7-22(21)25(30)28-31/h4-5,8-16,21-22,31H,2-3,6-7H2,1H3,(H,27,29)(H,28,30). The predicted molar refractivity (Wildman–Crippen MR) is 121 cm³/mol. The van der Waals surface area contributed by atoms with Crippen LogP contribution in [-0.4, -0.2) is 22.0 Å². The van der Waals surface area contributed by atoms with Crippen molar-refractivity contribution in [3.05, 3.63) is 66.4 Å². The maximum absolute atomic E-state index is 12.8. The fourth-order valence-electron chi connectivity index (χ4n) is 4.31. The summed E-state index contributed by atoms with van der Waals surface area (Å²) in [5.74, 6) is -0.865. The molecule has 4 rings (SSSR count). The molecule has 7 nitrogen and oxygen atoms in total. The lowest BCUT2D eigenvalue weighted by atomic mass is 9.78. The highest BCUT2D eigenvalue weighted by Crippen LogP contribution is 2.31. The number of hydroxylamine groups is 1. The van der Waals surface area contributed by atoms with Crippen LogP contribution in [0.5, 0.6) is 5.75 Å². The van der Waals surface area contributed by atoms with Gasteiger partial charge in [0.15, 0.2) is 0 Å². The van der Waals surface area contributed by atoms with Gasteiger partial charge in [-0.05, 0) is 61.7 Å². The zero-order chi connectivity index (χ0) is 22.5. The molecule has 32 heavy (non-hydrogen) atoms. The van der Waals surface area contributed by atoms with E-state index in [9.17, 15) is 9.59 Å². The lowest BCUT2D eigenvalue weighted by molar-refractivity contribution is -0.140. The second-order valence-electron chi connectivity index (χ2n) is 8.20. The quantitative estimate of drug-likeness (QED) is 0.389. The Hall–Kier alpha value is -3.45. The Morgan fingerprint density at radius 2 is 1.75 bits per heavy atom. The summed E-state index contributed by atoms with van der Waals surface area (Å²) in [7, 11) is 0. The van der Waals surface area contributed by atoms with Gasteiger partial charge < -0.3 is 10.1 Å². The molecule has 2 aromatic carbocycles. The molecule has 166 valence electrons.